The molecule has 0 amide bonds. The quantitative estimate of drug-likeness (QED) is 0.512. The molecule has 6 heteroatoms. The highest BCUT2D eigenvalue weighted by Gasteiger charge is 2.34. The van der Waals surface area contributed by atoms with Crippen molar-refractivity contribution in [2.45, 2.75) is 36.4 Å². The van der Waals surface area contributed by atoms with E-state index in [9.17, 15) is 22.0 Å². The summed E-state index contributed by atoms with van der Waals surface area (Å²) in [7, 11) is 0. The first-order chi connectivity index (χ1) is 6.00. The topological polar surface area (TPSA) is 0 Å². The standard InChI is InChI=1S/C7H10BrF5/c8-7(13)6(12)5(11)4(10)2-1-3-9/h4-7H,1-3H2. The third kappa shape index (κ3) is 4.78. The molecule has 0 aromatic rings. The van der Waals surface area contributed by atoms with E-state index < -0.39 is 36.7 Å². The van der Waals surface area contributed by atoms with Crippen LogP contribution < -0.4 is 0 Å². The van der Waals surface area contributed by atoms with Crippen molar-refractivity contribution < 1.29 is 22.0 Å². The van der Waals surface area contributed by atoms with Crippen molar-refractivity contribution in [1.82, 2.24) is 0 Å². The highest BCUT2D eigenvalue weighted by atomic mass is 79.9. The van der Waals surface area contributed by atoms with Crippen LogP contribution in [-0.2, 0) is 0 Å². The minimum Gasteiger partial charge on any atom is -0.251 e. The van der Waals surface area contributed by atoms with Crippen LogP contribution in [0.1, 0.15) is 12.8 Å². The molecule has 0 aliphatic heterocycles. The van der Waals surface area contributed by atoms with Gasteiger partial charge in [-0.15, -0.1) is 0 Å². The Kier molecular flexibility index (Phi) is 6.63. The van der Waals surface area contributed by atoms with Crippen molar-refractivity contribution in [3.05, 3.63) is 0 Å². The van der Waals surface area contributed by atoms with E-state index in [1.54, 1.807) is 0 Å². The van der Waals surface area contributed by atoms with E-state index in [0.29, 0.717) is 0 Å². The van der Waals surface area contributed by atoms with Gasteiger partial charge >= 0.3 is 0 Å². The van der Waals surface area contributed by atoms with Gasteiger partial charge in [-0.2, -0.15) is 0 Å². The predicted molar refractivity (Wildman–Crippen MR) is 43.7 cm³/mol. The average Bonchev–Trinajstić information content (AvgIpc) is 2.11. The lowest BCUT2D eigenvalue weighted by molar-refractivity contribution is 0.0546. The van der Waals surface area contributed by atoms with Crippen molar-refractivity contribution in [2.24, 2.45) is 0 Å². The van der Waals surface area contributed by atoms with E-state index in [0.717, 1.165) is 0 Å². The van der Waals surface area contributed by atoms with E-state index in [1.165, 1.54) is 0 Å². The molecular formula is C7H10BrF5. The lowest BCUT2D eigenvalue weighted by atomic mass is 10.1. The number of hydrogen-bond donors (Lipinski definition) is 0. The first kappa shape index (κ1) is 13.1. The van der Waals surface area contributed by atoms with Gasteiger partial charge in [-0.1, -0.05) is 0 Å². The maximum absolute atomic E-state index is 12.6. The lowest BCUT2D eigenvalue weighted by Gasteiger charge is -2.16. The molecule has 0 saturated heterocycles. The summed E-state index contributed by atoms with van der Waals surface area (Å²) in [6.07, 6.45) is -7.86. The minimum absolute atomic E-state index is 0.187. The summed E-state index contributed by atoms with van der Waals surface area (Å²) >= 11 is 2.15. The fourth-order valence-electron chi connectivity index (χ4n) is 0.770. The maximum Gasteiger partial charge on any atom is 0.188 e. The van der Waals surface area contributed by atoms with Crippen LogP contribution in [0, 0.1) is 0 Å². The summed E-state index contributed by atoms with van der Waals surface area (Å²) < 4.78 is 61.3. The predicted octanol–water partition coefficient (Wildman–Crippen LogP) is 3.44. The van der Waals surface area contributed by atoms with Crippen molar-refractivity contribution in [3.63, 3.8) is 0 Å². The minimum atomic E-state index is -2.55. The van der Waals surface area contributed by atoms with Gasteiger partial charge in [-0.05, 0) is 28.8 Å². The molecule has 0 aliphatic rings. The van der Waals surface area contributed by atoms with E-state index in [-0.39, 0.29) is 6.42 Å². The maximum atomic E-state index is 12.6. The van der Waals surface area contributed by atoms with Crippen LogP contribution in [0.5, 0.6) is 0 Å². The summed E-state index contributed by atoms with van der Waals surface area (Å²) in [4.78, 5) is 0. The van der Waals surface area contributed by atoms with Crippen LogP contribution in [0.15, 0.2) is 0 Å². The van der Waals surface area contributed by atoms with Crippen LogP contribution in [0.2, 0.25) is 0 Å². The summed E-state index contributed by atoms with van der Waals surface area (Å²) in [5, 5.41) is -2.23. The van der Waals surface area contributed by atoms with Crippen LogP contribution in [0.4, 0.5) is 22.0 Å². The lowest BCUT2D eigenvalue weighted by Crippen LogP contribution is -2.32. The zero-order valence-corrected chi connectivity index (χ0v) is 8.28. The number of rotatable bonds is 6. The zero-order chi connectivity index (χ0) is 10.4. The second kappa shape index (κ2) is 6.56. The van der Waals surface area contributed by atoms with Crippen molar-refractivity contribution in [3.8, 4) is 0 Å². The third-order valence-electron chi connectivity index (χ3n) is 1.50. The SMILES string of the molecule is FCCCC(F)C(F)C(F)C(F)Br. The summed E-state index contributed by atoms with van der Waals surface area (Å²) in [6.45, 7) is -0.794. The normalized spacial score (nSPS) is 20.8. The van der Waals surface area contributed by atoms with E-state index in [1.807, 2.05) is 0 Å². The molecule has 0 spiro atoms. The smallest absolute Gasteiger partial charge is 0.188 e. The Morgan fingerprint density at radius 1 is 1.00 bits per heavy atom. The molecule has 0 bridgehead atoms. The van der Waals surface area contributed by atoms with Crippen molar-refractivity contribution in [1.29, 1.82) is 0 Å². The van der Waals surface area contributed by atoms with E-state index >= 15 is 0 Å². The highest BCUT2D eigenvalue weighted by molar-refractivity contribution is 9.09. The van der Waals surface area contributed by atoms with Gasteiger partial charge in [0.05, 0.1) is 6.67 Å². The fourth-order valence-corrected chi connectivity index (χ4v) is 1.06. The zero-order valence-electron chi connectivity index (χ0n) is 6.70. The molecule has 0 fully saturated rings. The van der Waals surface area contributed by atoms with Gasteiger partial charge in [0.25, 0.3) is 0 Å². The summed E-state index contributed by atoms with van der Waals surface area (Å²) in [5.41, 5.74) is 0. The van der Waals surface area contributed by atoms with Crippen LogP contribution in [0.25, 0.3) is 0 Å². The second-order valence-electron chi connectivity index (χ2n) is 2.57. The van der Waals surface area contributed by atoms with Gasteiger partial charge in [0, 0.05) is 0 Å². The molecule has 4 atom stereocenters. The molecule has 0 saturated carbocycles. The largest absolute Gasteiger partial charge is 0.251 e. The summed E-state index contributed by atoms with van der Waals surface area (Å²) in [6, 6.07) is 0. The molecule has 0 heterocycles. The Morgan fingerprint density at radius 2 is 1.54 bits per heavy atom. The molecule has 0 aliphatic carbocycles. The van der Waals surface area contributed by atoms with Gasteiger partial charge in [-0.25, -0.2) is 17.6 Å². The van der Waals surface area contributed by atoms with Crippen molar-refractivity contribution in [2.75, 3.05) is 6.67 Å². The first-order valence-electron chi connectivity index (χ1n) is 3.77. The van der Waals surface area contributed by atoms with Gasteiger partial charge in [0.15, 0.2) is 17.4 Å². The van der Waals surface area contributed by atoms with Crippen LogP contribution >= 0.6 is 15.9 Å². The van der Waals surface area contributed by atoms with E-state index in [4.69, 9.17) is 0 Å². The molecule has 4 unspecified atom stereocenters. The molecule has 0 radical (unpaired) electrons. The van der Waals surface area contributed by atoms with Crippen LogP contribution in [0.3, 0.4) is 0 Å². The number of hydrogen-bond acceptors (Lipinski definition) is 0. The molecule has 0 aromatic heterocycles. The molecule has 0 rings (SSSR count). The fraction of sp³-hybridized carbons (Fsp3) is 1.00. The van der Waals surface area contributed by atoms with Crippen LogP contribution in [-0.4, -0.2) is 30.3 Å². The second-order valence-corrected chi connectivity index (χ2v) is 3.45. The monoisotopic (exact) mass is 268 g/mol. The Bertz CT molecular complexity index is 132. The Balaban J connectivity index is 3.86. The van der Waals surface area contributed by atoms with Gasteiger partial charge in [-0.3, -0.25) is 4.39 Å². The molecule has 13 heavy (non-hydrogen) atoms. The highest BCUT2D eigenvalue weighted by Crippen LogP contribution is 2.23. The van der Waals surface area contributed by atoms with E-state index in [2.05, 4.69) is 15.9 Å². The molecule has 0 N–H and O–H groups in total. The molecule has 0 aromatic carbocycles. The van der Waals surface area contributed by atoms with Gasteiger partial charge in [0.2, 0.25) is 0 Å². The Hall–Kier alpha value is 0.130. The summed E-state index contributed by atoms with van der Waals surface area (Å²) in [5.74, 6) is 0. The Morgan fingerprint density at radius 3 is 1.92 bits per heavy atom. The Labute approximate surface area is 81.6 Å². The van der Waals surface area contributed by atoms with Crippen molar-refractivity contribution >= 4 is 15.9 Å². The number of halogens is 6. The molecule has 80 valence electrons. The average molecular weight is 269 g/mol. The van der Waals surface area contributed by atoms with Gasteiger partial charge < -0.3 is 0 Å². The first-order valence-corrected chi connectivity index (χ1v) is 4.68. The number of alkyl halides is 6. The van der Waals surface area contributed by atoms with Gasteiger partial charge in [0.1, 0.15) is 6.17 Å². The third-order valence-corrected chi connectivity index (χ3v) is 2.01. The molecular weight excluding hydrogens is 259 g/mol. The molecule has 0 nitrogen and oxygen atoms in total.